The second kappa shape index (κ2) is 7.29. The molecule has 4 nitrogen and oxygen atoms in total. The Hall–Kier alpha value is -1.55. The summed E-state index contributed by atoms with van der Waals surface area (Å²) >= 11 is 0. The summed E-state index contributed by atoms with van der Waals surface area (Å²) in [5, 5.41) is 6.28. The van der Waals surface area contributed by atoms with Crippen LogP contribution < -0.4 is 10.6 Å². The maximum Gasteiger partial charge on any atom is 0.221 e. The average Bonchev–Trinajstić information content (AvgIpc) is 2.93. The van der Waals surface area contributed by atoms with E-state index in [1.54, 1.807) is 0 Å². The third-order valence-corrected chi connectivity index (χ3v) is 3.69. The van der Waals surface area contributed by atoms with E-state index in [1.165, 1.54) is 11.1 Å². The van der Waals surface area contributed by atoms with Crippen LogP contribution in [0.15, 0.2) is 18.2 Å². The monoisotopic (exact) mass is 276 g/mol. The summed E-state index contributed by atoms with van der Waals surface area (Å²) in [5.41, 5.74) is 3.56. The summed E-state index contributed by atoms with van der Waals surface area (Å²) in [5.74, 6) is 0.0826. The molecule has 2 rings (SSSR count). The molecule has 0 aromatic heterocycles. The molecule has 1 heterocycles. The second-order valence-electron chi connectivity index (χ2n) is 5.38. The van der Waals surface area contributed by atoms with E-state index in [4.69, 9.17) is 4.74 Å². The number of anilines is 1. The fraction of sp³-hybridized carbons (Fsp3) is 0.562. The molecule has 4 heteroatoms. The van der Waals surface area contributed by atoms with E-state index in [0.717, 1.165) is 25.1 Å². The molecule has 1 atom stereocenters. The minimum atomic E-state index is 0.0826. The van der Waals surface area contributed by atoms with E-state index < -0.39 is 0 Å². The molecule has 0 bridgehead atoms. The van der Waals surface area contributed by atoms with Gasteiger partial charge in [-0.3, -0.25) is 4.79 Å². The topological polar surface area (TPSA) is 50.4 Å². The minimum absolute atomic E-state index is 0.0826. The largest absolute Gasteiger partial charge is 0.384 e. The fourth-order valence-corrected chi connectivity index (χ4v) is 2.52. The maximum absolute atomic E-state index is 11.8. The van der Waals surface area contributed by atoms with Crippen molar-refractivity contribution < 1.29 is 9.53 Å². The molecule has 110 valence electrons. The van der Waals surface area contributed by atoms with Gasteiger partial charge in [0.25, 0.3) is 0 Å². The Bertz CT molecular complexity index is 434. The van der Waals surface area contributed by atoms with Gasteiger partial charge in [0.15, 0.2) is 0 Å². The lowest BCUT2D eigenvalue weighted by atomic mass is 10.1. The zero-order valence-corrected chi connectivity index (χ0v) is 12.4. The van der Waals surface area contributed by atoms with Gasteiger partial charge in [0.05, 0.1) is 6.10 Å². The van der Waals surface area contributed by atoms with Crippen molar-refractivity contribution in [2.45, 2.75) is 39.2 Å². The number of hydrogen-bond acceptors (Lipinski definition) is 3. The molecular weight excluding hydrogens is 252 g/mol. The van der Waals surface area contributed by atoms with Crippen molar-refractivity contribution in [1.29, 1.82) is 0 Å². The Morgan fingerprint density at radius 1 is 1.35 bits per heavy atom. The molecule has 0 spiro atoms. The van der Waals surface area contributed by atoms with Crippen LogP contribution in [0.3, 0.4) is 0 Å². The van der Waals surface area contributed by atoms with Crippen LogP contribution in [0.2, 0.25) is 0 Å². The molecule has 1 saturated heterocycles. The highest BCUT2D eigenvalue weighted by molar-refractivity contribution is 5.76. The molecule has 1 aromatic carbocycles. The van der Waals surface area contributed by atoms with Crippen molar-refractivity contribution >= 4 is 11.6 Å². The Morgan fingerprint density at radius 2 is 2.10 bits per heavy atom. The van der Waals surface area contributed by atoms with Crippen molar-refractivity contribution in [2.75, 3.05) is 25.0 Å². The van der Waals surface area contributed by atoms with E-state index in [1.807, 2.05) is 6.07 Å². The Balaban J connectivity index is 1.68. The van der Waals surface area contributed by atoms with Gasteiger partial charge >= 0.3 is 0 Å². The van der Waals surface area contributed by atoms with Crippen LogP contribution in [-0.2, 0) is 9.53 Å². The number of ether oxygens (including phenoxy) is 1. The molecule has 1 fully saturated rings. The van der Waals surface area contributed by atoms with E-state index in [9.17, 15) is 4.79 Å². The molecule has 1 amide bonds. The quantitative estimate of drug-likeness (QED) is 0.839. The van der Waals surface area contributed by atoms with Crippen molar-refractivity contribution in [1.82, 2.24) is 5.32 Å². The maximum atomic E-state index is 11.8. The third kappa shape index (κ3) is 4.23. The highest BCUT2D eigenvalue weighted by atomic mass is 16.5. The summed E-state index contributed by atoms with van der Waals surface area (Å²) < 4.78 is 5.48. The Kier molecular flexibility index (Phi) is 5.41. The molecule has 0 radical (unpaired) electrons. The number of nitrogens with one attached hydrogen (secondary N) is 2. The van der Waals surface area contributed by atoms with Gasteiger partial charge in [-0.1, -0.05) is 18.2 Å². The van der Waals surface area contributed by atoms with Gasteiger partial charge in [0, 0.05) is 31.8 Å². The van der Waals surface area contributed by atoms with Crippen LogP contribution >= 0.6 is 0 Å². The number of rotatable bonds is 6. The highest BCUT2D eigenvalue weighted by Gasteiger charge is 2.15. The first-order chi connectivity index (χ1) is 9.66. The average molecular weight is 276 g/mol. The van der Waals surface area contributed by atoms with Gasteiger partial charge in [-0.2, -0.15) is 0 Å². The lowest BCUT2D eigenvalue weighted by Crippen LogP contribution is -2.32. The number of carbonyl (C=O) groups is 1. The van der Waals surface area contributed by atoms with Crippen LogP contribution in [0.4, 0.5) is 5.69 Å². The van der Waals surface area contributed by atoms with E-state index in [-0.39, 0.29) is 12.0 Å². The molecular formula is C16H24N2O2. The zero-order chi connectivity index (χ0) is 14.4. The number of benzene rings is 1. The Morgan fingerprint density at radius 3 is 2.75 bits per heavy atom. The van der Waals surface area contributed by atoms with Crippen LogP contribution in [-0.4, -0.2) is 31.7 Å². The molecule has 2 N–H and O–H groups in total. The summed E-state index contributed by atoms with van der Waals surface area (Å²) in [4.78, 5) is 11.8. The third-order valence-electron chi connectivity index (χ3n) is 3.69. The molecule has 20 heavy (non-hydrogen) atoms. The summed E-state index contributed by atoms with van der Waals surface area (Å²) in [6.07, 6.45) is 2.86. The van der Waals surface area contributed by atoms with Crippen molar-refractivity contribution in [3.8, 4) is 0 Å². The standard InChI is InChI=1S/C16H24N2O2/c1-12-5-3-6-13(2)16(12)17-9-8-15(19)18-11-14-7-4-10-20-14/h3,5-6,14,17H,4,7-11H2,1-2H3,(H,18,19). The predicted octanol–water partition coefficient (Wildman–Crippen LogP) is 2.40. The number of carbonyl (C=O) groups excluding carboxylic acids is 1. The first-order valence-electron chi connectivity index (χ1n) is 7.35. The minimum Gasteiger partial charge on any atom is -0.384 e. The molecule has 0 saturated carbocycles. The molecule has 1 aliphatic heterocycles. The van der Waals surface area contributed by atoms with Crippen molar-refractivity contribution in [3.05, 3.63) is 29.3 Å². The molecule has 1 unspecified atom stereocenters. The van der Waals surface area contributed by atoms with Gasteiger partial charge in [-0.25, -0.2) is 0 Å². The van der Waals surface area contributed by atoms with Crippen LogP contribution in [0, 0.1) is 13.8 Å². The van der Waals surface area contributed by atoms with E-state index in [2.05, 4.69) is 36.6 Å². The van der Waals surface area contributed by atoms with Crippen LogP contribution in [0.5, 0.6) is 0 Å². The lowest BCUT2D eigenvalue weighted by molar-refractivity contribution is -0.121. The summed E-state index contributed by atoms with van der Waals surface area (Å²) in [6.45, 7) is 6.28. The van der Waals surface area contributed by atoms with E-state index >= 15 is 0 Å². The van der Waals surface area contributed by atoms with E-state index in [0.29, 0.717) is 19.5 Å². The van der Waals surface area contributed by atoms with Gasteiger partial charge in [0.1, 0.15) is 0 Å². The summed E-state index contributed by atoms with van der Waals surface area (Å²) in [7, 11) is 0. The number of amides is 1. The summed E-state index contributed by atoms with van der Waals surface area (Å²) in [6, 6.07) is 6.20. The smallest absolute Gasteiger partial charge is 0.221 e. The first kappa shape index (κ1) is 14.9. The molecule has 0 aliphatic carbocycles. The van der Waals surface area contributed by atoms with Crippen molar-refractivity contribution in [2.24, 2.45) is 0 Å². The number of hydrogen-bond donors (Lipinski definition) is 2. The predicted molar refractivity (Wildman–Crippen MR) is 81.0 cm³/mol. The SMILES string of the molecule is Cc1cccc(C)c1NCCC(=O)NCC1CCCO1. The lowest BCUT2D eigenvalue weighted by Gasteiger charge is -2.13. The Labute approximate surface area is 120 Å². The second-order valence-corrected chi connectivity index (χ2v) is 5.38. The first-order valence-corrected chi connectivity index (χ1v) is 7.35. The van der Waals surface area contributed by atoms with Crippen molar-refractivity contribution in [3.63, 3.8) is 0 Å². The normalized spacial score (nSPS) is 18.0. The van der Waals surface area contributed by atoms with Gasteiger partial charge < -0.3 is 15.4 Å². The van der Waals surface area contributed by atoms with Gasteiger partial charge in [0.2, 0.25) is 5.91 Å². The van der Waals surface area contributed by atoms with Crippen LogP contribution in [0.25, 0.3) is 0 Å². The number of para-hydroxylation sites is 1. The van der Waals surface area contributed by atoms with Gasteiger partial charge in [-0.05, 0) is 37.8 Å². The highest BCUT2D eigenvalue weighted by Crippen LogP contribution is 2.19. The fourth-order valence-electron chi connectivity index (χ4n) is 2.52. The zero-order valence-electron chi connectivity index (χ0n) is 12.4. The molecule has 1 aliphatic rings. The van der Waals surface area contributed by atoms with Gasteiger partial charge in [-0.15, -0.1) is 0 Å². The molecule has 1 aromatic rings. The van der Waals surface area contributed by atoms with Crippen LogP contribution in [0.1, 0.15) is 30.4 Å². The number of aryl methyl sites for hydroxylation is 2.